The molecule has 1 aromatic rings. The van der Waals surface area contributed by atoms with Crippen molar-refractivity contribution in [3.05, 3.63) is 34.9 Å². The first-order chi connectivity index (χ1) is 7.85. The minimum atomic E-state index is -0.891. The van der Waals surface area contributed by atoms with Crippen LogP contribution >= 0.6 is 0 Å². The van der Waals surface area contributed by atoms with Gasteiger partial charge < -0.3 is 4.74 Å². The Hall–Kier alpha value is -1.04. The molecule has 0 amide bonds. The van der Waals surface area contributed by atoms with E-state index in [-0.39, 0.29) is 11.1 Å². The topological polar surface area (TPSA) is 47.3 Å². The zero-order valence-electron chi connectivity index (χ0n) is 10.5. The number of hydrazine groups is 1. The molecule has 0 saturated heterocycles. The van der Waals surface area contributed by atoms with Crippen molar-refractivity contribution in [1.29, 1.82) is 0 Å². The Morgan fingerprint density at radius 2 is 1.88 bits per heavy atom. The Morgan fingerprint density at radius 1 is 1.29 bits per heavy atom. The summed E-state index contributed by atoms with van der Waals surface area (Å²) in [7, 11) is 1.49. The maximum atomic E-state index is 13.8. The SMILES string of the molecule is COC(C)(C)C(NN)c1ccc(C)c(F)c1F. The highest BCUT2D eigenvalue weighted by atomic mass is 19.2. The van der Waals surface area contributed by atoms with E-state index < -0.39 is 23.3 Å². The van der Waals surface area contributed by atoms with Gasteiger partial charge in [0.1, 0.15) is 0 Å². The number of nitrogens with two attached hydrogens (primary N) is 1. The van der Waals surface area contributed by atoms with Crippen molar-refractivity contribution >= 4 is 0 Å². The maximum absolute atomic E-state index is 13.8. The highest BCUT2D eigenvalue weighted by molar-refractivity contribution is 5.29. The summed E-state index contributed by atoms with van der Waals surface area (Å²) >= 11 is 0. The Morgan fingerprint density at radius 3 is 2.35 bits per heavy atom. The van der Waals surface area contributed by atoms with Gasteiger partial charge in [-0.2, -0.15) is 0 Å². The van der Waals surface area contributed by atoms with Crippen molar-refractivity contribution in [2.75, 3.05) is 7.11 Å². The predicted octanol–water partition coefficient (Wildman–Crippen LogP) is 2.20. The number of hydrogen-bond donors (Lipinski definition) is 2. The molecule has 0 bridgehead atoms. The molecule has 0 fully saturated rings. The van der Waals surface area contributed by atoms with Crippen molar-refractivity contribution in [1.82, 2.24) is 5.43 Å². The third kappa shape index (κ3) is 2.62. The van der Waals surface area contributed by atoms with Gasteiger partial charge in [0.2, 0.25) is 0 Å². The van der Waals surface area contributed by atoms with E-state index in [0.717, 1.165) is 0 Å². The summed E-state index contributed by atoms with van der Waals surface area (Å²) in [5.41, 5.74) is 2.13. The molecule has 3 N–H and O–H groups in total. The van der Waals surface area contributed by atoms with Crippen LogP contribution in [-0.2, 0) is 4.74 Å². The van der Waals surface area contributed by atoms with Gasteiger partial charge in [0, 0.05) is 12.7 Å². The third-order valence-corrected chi connectivity index (χ3v) is 3.00. The van der Waals surface area contributed by atoms with E-state index in [0.29, 0.717) is 0 Å². The number of aryl methyl sites for hydroxylation is 1. The van der Waals surface area contributed by atoms with Crippen LogP contribution in [0.25, 0.3) is 0 Å². The summed E-state index contributed by atoms with van der Waals surface area (Å²) in [4.78, 5) is 0. The molecule has 5 heteroatoms. The quantitative estimate of drug-likeness (QED) is 0.630. The molecule has 17 heavy (non-hydrogen) atoms. The number of nitrogens with one attached hydrogen (secondary N) is 1. The van der Waals surface area contributed by atoms with Crippen LogP contribution in [0.5, 0.6) is 0 Å². The monoisotopic (exact) mass is 244 g/mol. The van der Waals surface area contributed by atoms with Crippen LogP contribution in [-0.4, -0.2) is 12.7 Å². The number of rotatable bonds is 4. The molecule has 96 valence electrons. The molecule has 1 rings (SSSR count). The fraction of sp³-hybridized carbons (Fsp3) is 0.500. The van der Waals surface area contributed by atoms with Gasteiger partial charge in [0.25, 0.3) is 0 Å². The van der Waals surface area contributed by atoms with Gasteiger partial charge in [-0.15, -0.1) is 0 Å². The van der Waals surface area contributed by atoms with Crippen molar-refractivity contribution in [2.24, 2.45) is 5.84 Å². The fourth-order valence-electron chi connectivity index (χ4n) is 1.67. The zero-order chi connectivity index (χ0) is 13.2. The Labute approximate surface area is 99.9 Å². The first kappa shape index (κ1) is 14.0. The van der Waals surface area contributed by atoms with Crippen LogP contribution in [0.15, 0.2) is 12.1 Å². The molecule has 0 saturated carbocycles. The highest BCUT2D eigenvalue weighted by Crippen LogP contribution is 2.30. The normalized spacial score (nSPS) is 13.8. The molecule has 1 unspecified atom stereocenters. The van der Waals surface area contributed by atoms with E-state index in [4.69, 9.17) is 10.6 Å². The van der Waals surface area contributed by atoms with Gasteiger partial charge in [-0.3, -0.25) is 5.84 Å². The summed E-state index contributed by atoms with van der Waals surface area (Å²) in [6, 6.07) is 2.39. The molecular weight excluding hydrogens is 226 g/mol. The van der Waals surface area contributed by atoms with Crippen molar-refractivity contribution in [3.8, 4) is 0 Å². The van der Waals surface area contributed by atoms with Crippen LogP contribution in [0.2, 0.25) is 0 Å². The van der Waals surface area contributed by atoms with Gasteiger partial charge in [-0.05, 0) is 26.3 Å². The molecule has 0 radical (unpaired) electrons. The summed E-state index contributed by atoms with van der Waals surface area (Å²) in [6.45, 7) is 5.00. The Balaban J connectivity index is 3.27. The van der Waals surface area contributed by atoms with Gasteiger partial charge in [-0.25, -0.2) is 14.2 Å². The summed E-state index contributed by atoms with van der Waals surface area (Å²) in [5, 5.41) is 0. The maximum Gasteiger partial charge on any atom is 0.164 e. The van der Waals surface area contributed by atoms with E-state index in [1.165, 1.54) is 26.2 Å². The van der Waals surface area contributed by atoms with E-state index in [1.807, 2.05) is 0 Å². The Kier molecular flexibility index (Phi) is 4.19. The average Bonchev–Trinajstić information content (AvgIpc) is 2.30. The zero-order valence-corrected chi connectivity index (χ0v) is 10.5. The second-order valence-corrected chi connectivity index (χ2v) is 4.51. The second-order valence-electron chi connectivity index (χ2n) is 4.51. The molecular formula is C12H18F2N2O. The van der Waals surface area contributed by atoms with E-state index >= 15 is 0 Å². The summed E-state index contributed by atoms with van der Waals surface area (Å²) < 4.78 is 32.6. The molecule has 0 aliphatic carbocycles. The lowest BCUT2D eigenvalue weighted by Gasteiger charge is -2.33. The Bertz CT molecular complexity index is 408. The fourth-order valence-corrected chi connectivity index (χ4v) is 1.67. The summed E-state index contributed by atoms with van der Waals surface area (Å²) in [6.07, 6.45) is 0. The lowest BCUT2D eigenvalue weighted by Crippen LogP contribution is -2.44. The molecule has 0 heterocycles. The van der Waals surface area contributed by atoms with Crippen LogP contribution in [0, 0.1) is 18.6 Å². The second kappa shape index (κ2) is 5.08. The number of hydrogen-bond acceptors (Lipinski definition) is 3. The summed E-state index contributed by atoms with van der Waals surface area (Å²) in [5.74, 6) is 3.66. The van der Waals surface area contributed by atoms with Crippen molar-refractivity contribution in [2.45, 2.75) is 32.4 Å². The highest BCUT2D eigenvalue weighted by Gasteiger charge is 2.32. The number of benzene rings is 1. The number of ether oxygens (including phenoxy) is 1. The van der Waals surface area contributed by atoms with Gasteiger partial charge in [-0.1, -0.05) is 12.1 Å². The number of methoxy groups -OCH3 is 1. The van der Waals surface area contributed by atoms with Gasteiger partial charge >= 0.3 is 0 Å². The molecule has 0 aliphatic rings. The third-order valence-electron chi connectivity index (χ3n) is 3.00. The first-order valence-corrected chi connectivity index (χ1v) is 5.31. The minimum Gasteiger partial charge on any atom is -0.377 e. The molecule has 1 aromatic carbocycles. The van der Waals surface area contributed by atoms with E-state index in [9.17, 15) is 8.78 Å². The van der Waals surface area contributed by atoms with Gasteiger partial charge in [0.05, 0.1) is 11.6 Å². The minimum absolute atomic E-state index is 0.155. The van der Waals surface area contributed by atoms with Crippen molar-refractivity contribution in [3.63, 3.8) is 0 Å². The molecule has 1 atom stereocenters. The molecule has 0 aromatic heterocycles. The average molecular weight is 244 g/mol. The predicted molar refractivity (Wildman–Crippen MR) is 62.2 cm³/mol. The lowest BCUT2D eigenvalue weighted by molar-refractivity contribution is -0.0122. The first-order valence-electron chi connectivity index (χ1n) is 5.31. The van der Waals surface area contributed by atoms with Crippen LogP contribution < -0.4 is 11.3 Å². The lowest BCUT2D eigenvalue weighted by atomic mass is 9.91. The van der Waals surface area contributed by atoms with E-state index in [1.54, 1.807) is 13.8 Å². The van der Waals surface area contributed by atoms with E-state index in [2.05, 4.69) is 5.43 Å². The van der Waals surface area contributed by atoms with Crippen LogP contribution in [0.3, 0.4) is 0 Å². The van der Waals surface area contributed by atoms with Crippen LogP contribution in [0.4, 0.5) is 8.78 Å². The van der Waals surface area contributed by atoms with Crippen molar-refractivity contribution < 1.29 is 13.5 Å². The smallest absolute Gasteiger partial charge is 0.164 e. The molecule has 0 aliphatic heterocycles. The van der Waals surface area contributed by atoms with Crippen LogP contribution in [0.1, 0.15) is 31.0 Å². The molecule has 3 nitrogen and oxygen atoms in total. The largest absolute Gasteiger partial charge is 0.377 e. The standard InChI is InChI=1S/C12H18F2N2O/c1-7-5-6-8(10(14)9(7)13)11(16-15)12(2,3)17-4/h5-6,11,16H,15H2,1-4H3. The number of halogens is 2. The molecule has 0 spiro atoms. The van der Waals surface area contributed by atoms with Gasteiger partial charge in [0.15, 0.2) is 11.6 Å².